The van der Waals surface area contributed by atoms with Crippen LogP contribution in [0, 0.1) is 0 Å². The van der Waals surface area contributed by atoms with Crippen molar-refractivity contribution in [3.05, 3.63) is 95.5 Å². The SMILES string of the molecule is O=C(Nc1ccccn1)c1ccc(-c2csc(NC(=O)[C@H]3CCCN3C(=O)OCc3ccccc3)n2)cc1. The molecule has 5 rings (SSSR count). The van der Waals surface area contributed by atoms with Crippen LogP contribution in [-0.2, 0) is 16.1 Å². The van der Waals surface area contributed by atoms with E-state index in [1.54, 1.807) is 48.7 Å². The van der Waals surface area contributed by atoms with Gasteiger partial charge in [-0.1, -0.05) is 48.5 Å². The van der Waals surface area contributed by atoms with E-state index in [-0.39, 0.29) is 18.4 Å². The predicted molar refractivity (Wildman–Crippen MR) is 145 cm³/mol. The Balaban J connectivity index is 1.17. The molecule has 1 aliphatic rings. The smallest absolute Gasteiger partial charge is 0.410 e. The van der Waals surface area contributed by atoms with Crippen molar-refractivity contribution in [3.63, 3.8) is 0 Å². The topological polar surface area (TPSA) is 114 Å². The maximum absolute atomic E-state index is 13.0. The van der Waals surface area contributed by atoms with E-state index in [1.807, 2.05) is 35.7 Å². The molecular weight excluding hydrogens is 502 g/mol. The number of benzene rings is 2. The summed E-state index contributed by atoms with van der Waals surface area (Å²) < 4.78 is 5.43. The van der Waals surface area contributed by atoms with Crippen molar-refractivity contribution in [1.82, 2.24) is 14.9 Å². The number of amides is 3. The van der Waals surface area contributed by atoms with E-state index >= 15 is 0 Å². The number of likely N-dealkylation sites (tertiary alicyclic amines) is 1. The first-order valence-corrected chi connectivity index (χ1v) is 13.0. The minimum atomic E-state index is -0.609. The first-order chi connectivity index (χ1) is 18.6. The molecule has 1 atom stereocenters. The van der Waals surface area contributed by atoms with Crippen LogP contribution >= 0.6 is 11.3 Å². The molecule has 0 aliphatic carbocycles. The molecule has 9 nitrogen and oxygen atoms in total. The molecule has 10 heteroatoms. The van der Waals surface area contributed by atoms with Gasteiger partial charge in [-0.2, -0.15) is 0 Å². The van der Waals surface area contributed by atoms with Crippen molar-refractivity contribution in [2.75, 3.05) is 17.2 Å². The number of aromatic nitrogens is 2. The molecule has 1 aliphatic heterocycles. The van der Waals surface area contributed by atoms with Gasteiger partial charge in [0.2, 0.25) is 5.91 Å². The van der Waals surface area contributed by atoms with Gasteiger partial charge in [0.05, 0.1) is 5.69 Å². The van der Waals surface area contributed by atoms with Crippen LogP contribution in [0.15, 0.2) is 84.4 Å². The Morgan fingerprint density at radius 3 is 2.53 bits per heavy atom. The lowest BCUT2D eigenvalue weighted by molar-refractivity contribution is -0.120. The molecule has 2 aromatic carbocycles. The Kier molecular flexibility index (Phi) is 7.70. The van der Waals surface area contributed by atoms with Gasteiger partial charge in [0.1, 0.15) is 18.5 Å². The average Bonchev–Trinajstić information content (AvgIpc) is 3.63. The van der Waals surface area contributed by atoms with E-state index in [1.165, 1.54) is 16.2 Å². The molecule has 1 saturated heterocycles. The highest BCUT2D eigenvalue weighted by Gasteiger charge is 2.35. The van der Waals surface area contributed by atoms with Crippen LogP contribution < -0.4 is 10.6 Å². The van der Waals surface area contributed by atoms with Crippen LogP contribution in [0.2, 0.25) is 0 Å². The standard InChI is InChI=1S/C28H25N5O4S/c34-25(31-24-10-4-5-15-29-24)21-13-11-20(12-14-21)22-18-38-27(30-22)32-26(35)23-9-6-16-33(23)28(36)37-17-19-7-2-1-3-8-19/h1-5,7-8,10-15,18,23H,6,9,16-17H2,(H,29,31,34)(H,30,32,35)/t23-/m1/s1. The van der Waals surface area contributed by atoms with Crippen molar-refractivity contribution in [1.29, 1.82) is 0 Å². The number of anilines is 2. The molecule has 192 valence electrons. The van der Waals surface area contributed by atoms with Gasteiger partial charge in [-0.15, -0.1) is 11.3 Å². The molecule has 38 heavy (non-hydrogen) atoms. The molecule has 0 bridgehead atoms. The minimum Gasteiger partial charge on any atom is -0.445 e. The molecule has 2 N–H and O–H groups in total. The van der Waals surface area contributed by atoms with E-state index in [0.29, 0.717) is 35.2 Å². The number of carbonyl (C=O) groups is 3. The van der Waals surface area contributed by atoms with E-state index in [9.17, 15) is 14.4 Å². The Morgan fingerprint density at radius 1 is 0.974 bits per heavy atom. The molecule has 4 aromatic rings. The average molecular weight is 528 g/mol. The fourth-order valence-corrected chi connectivity index (χ4v) is 4.85. The number of thiazole rings is 1. The number of carbonyl (C=O) groups excluding carboxylic acids is 3. The van der Waals surface area contributed by atoms with E-state index in [2.05, 4.69) is 20.6 Å². The highest BCUT2D eigenvalue weighted by atomic mass is 32.1. The summed E-state index contributed by atoms with van der Waals surface area (Å²) in [6, 6.07) is 21.1. The third kappa shape index (κ3) is 6.04. The predicted octanol–water partition coefficient (Wildman–Crippen LogP) is 5.20. The van der Waals surface area contributed by atoms with Crippen molar-refractivity contribution in [3.8, 4) is 11.3 Å². The fourth-order valence-electron chi connectivity index (χ4n) is 4.13. The molecular formula is C28H25N5O4S. The molecule has 0 radical (unpaired) electrons. The zero-order valence-electron chi connectivity index (χ0n) is 20.4. The molecule has 0 spiro atoms. The van der Waals surface area contributed by atoms with Gasteiger partial charge >= 0.3 is 6.09 Å². The second-order valence-electron chi connectivity index (χ2n) is 8.67. The summed E-state index contributed by atoms with van der Waals surface area (Å²) in [5.41, 5.74) is 2.86. The van der Waals surface area contributed by atoms with E-state index in [0.717, 1.165) is 17.5 Å². The fraction of sp³-hybridized carbons (Fsp3) is 0.179. The van der Waals surface area contributed by atoms with Gasteiger partial charge in [-0.25, -0.2) is 14.8 Å². The monoisotopic (exact) mass is 527 g/mol. The number of nitrogens with one attached hydrogen (secondary N) is 2. The van der Waals surface area contributed by atoms with Crippen molar-refractivity contribution in [2.24, 2.45) is 0 Å². The lowest BCUT2D eigenvalue weighted by Crippen LogP contribution is -2.43. The maximum Gasteiger partial charge on any atom is 0.410 e. The number of hydrogen-bond acceptors (Lipinski definition) is 7. The number of nitrogens with zero attached hydrogens (tertiary/aromatic N) is 3. The Bertz CT molecular complexity index is 1410. The Morgan fingerprint density at radius 2 is 1.76 bits per heavy atom. The van der Waals surface area contributed by atoms with Crippen molar-refractivity contribution >= 4 is 40.2 Å². The second kappa shape index (κ2) is 11.7. The third-order valence-electron chi connectivity index (χ3n) is 6.08. The Labute approximate surface area is 223 Å². The summed E-state index contributed by atoms with van der Waals surface area (Å²) in [5, 5.41) is 7.86. The van der Waals surface area contributed by atoms with E-state index < -0.39 is 12.1 Å². The Hall–Kier alpha value is -4.57. The maximum atomic E-state index is 13.0. The van der Waals surface area contributed by atoms with Crippen LogP contribution in [0.4, 0.5) is 15.7 Å². The molecule has 3 heterocycles. The van der Waals surface area contributed by atoms with Gasteiger partial charge in [0.25, 0.3) is 5.91 Å². The van der Waals surface area contributed by atoms with Gasteiger partial charge in [-0.3, -0.25) is 14.5 Å². The lowest BCUT2D eigenvalue weighted by atomic mass is 10.1. The number of pyridine rings is 1. The number of ether oxygens (including phenoxy) is 1. The van der Waals surface area contributed by atoms with Gasteiger partial charge in [0, 0.05) is 29.2 Å². The minimum absolute atomic E-state index is 0.157. The highest BCUT2D eigenvalue weighted by molar-refractivity contribution is 7.14. The van der Waals surface area contributed by atoms with Crippen molar-refractivity contribution in [2.45, 2.75) is 25.5 Å². The summed E-state index contributed by atoms with van der Waals surface area (Å²) in [7, 11) is 0. The van der Waals surface area contributed by atoms with Gasteiger partial charge in [-0.05, 0) is 42.7 Å². The molecule has 0 saturated carbocycles. The molecule has 0 unspecified atom stereocenters. The van der Waals surface area contributed by atoms with Gasteiger partial charge in [0.15, 0.2) is 5.13 Å². The van der Waals surface area contributed by atoms with Crippen LogP contribution in [0.25, 0.3) is 11.3 Å². The lowest BCUT2D eigenvalue weighted by Gasteiger charge is -2.22. The second-order valence-corrected chi connectivity index (χ2v) is 9.52. The summed E-state index contributed by atoms with van der Waals surface area (Å²) in [5.74, 6) is -0.0711. The van der Waals surface area contributed by atoms with Gasteiger partial charge < -0.3 is 15.4 Å². The normalized spacial score (nSPS) is 14.6. The quantitative estimate of drug-likeness (QED) is 0.342. The molecule has 1 fully saturated rings. The number of hydrogen-bond donors (Lipinski definition) is 2. The van der Waals surface area contributed by atoms with Crippen LogP contribution in [-0.4, -0.2) is 45.4 Å². The first kappa shape index (κ1) is 25.1. The summed E-state index contributed by atoms with van der Waals surface area (Å²) in [6.45, 7) is 0.624. The van der Waals surface area contributed by atoms with Crippen LogP contribution in [0.5, 0.6) is 0 Å². The molecule has 2 aromatic heterocycles. The largest absolute Gasteiger partial charge is 0.445 e. The number of rotatable bonds is 7. The zero-order chi connectivity index (χ0) is 26.3. The van der Waals surface area contributed by atoms with Crippen LogP contribution in [0.1, 0.15) is 28.8 Å². The van der Waals surface area contributed by atoms with E-state index in [4.69, 9.17) is 4.74 Å². The molecule has 3 amide bonds. The zero-order valence-corrected chi connectivity index (χ0v) is 21.2. The summed E-state index contributed by atoms with van der Waals surface area (Å²) in [6.07, 6.45) is 2.40. The third-order valence-corrected chi connectivity index (χ3v) is 6.84. The van der Waals surface area contributed by atoms with Crippen molar-refractivity contribution < 1.29 is 19.1 Å². The highest BCUT2D eigenvalue weighted by Crippen LogP contribution is 2.27. The summed E-state index contributed by atoms with van der Waals surface area (Å²) in [4.78, 5) is 48.2. The first-order valence-electron chi connectivity index (χ1n) is 12.1. The van der Waals surface area contributed by atoms with Crippen LogP contribution in [0.3, 0.4) is 0 Å². The summed E-state index contributed by atoms with van der Waals surface area (Å²) >= 11 is 1.30.